The first-order valence-corrected chi connectivity index (χ1v) is 14.0. The minimum atomic E-state index is -3.56. The molecule has 2 aromatic heterocycles. The summed E-state index contributed by atoms with van der Waals surface area (Å²) >= 11 is 0. The number of hydrogen-bond acceptors (Lipinski definition) is 7. The van der Waals surface area contributed by atoms with Gasteiger partial charge < -0.3 is 15.0 Å². The molecule has 1 saturated heterocycles. The summed E-state index contributed by atoms with van der Waals surface area (Å²) in [5.74, 6) is 1.62. The van der Waals surface area contributed by atoms with Gasteiger partial charge in [0.15, 0.2) is 5.78 Å². The number of rotatable bonds is 9. The van der Waals surface area contributed by atoms with E-state index in [2.05, 4.69) is 26.8 Å². The number of nitrogens with zero attached hydrogens (tertiary/aromatic N) is 3. The number of carbonyl (C=O) groups excluding carboxylic acids is 1. The zero-order chi connectivity index (χ0) is 26.5. The number of sulfonamides is 1. The molecule has 2 N–H and O–H groups in total. The first-order chi connectivity index (χ1) is 18.5. The zero-order valence-corrected chi connectivity index (χ0v) is 21.7. The Morgan fingerprint density at radius 2 is 1.84 bits per heavy atom. The van der Waals surface area contributed by atoms with E-state index in [0.29, 0.717) is 52.6 Å². The lowest BCUT2D eigenvalue weighted by Crippen LogP contribution is -2.42. The second kappa shape index (κ2) is 11.2. The van der Waals surface area contributed by atoms with Crippen molar-refractivity contribution in [3.63, 3.8) is 0 Å². The molecule has 4 aromatic rings. The van der Waals surface area contributed by atoms with Crippen LogP contribution in [0.4, 0.5) is 5.82 Å². The molecule has 1 unspecified atom stereocenters. The van der Waals surface area contributed by atoms with Crippen molar-refractivity contribution < 1.29 is 17.9 Å². The minimum absolute atomic E-state index is 0.189. The Kier molecular flexibility index (Phi) is 7.52. The smallest absolute Gasteiger partial charge is 0.235 e. The minimum Gasteiger partial charge on any atom is -0.457 e. The Morgan fingerprint density at radius 3 is 2.61 bits per heavy atom. The molecule has 0 bridgehead atoms. The quantitative estimate of drug-likeness (QED) is 0.288. The maximum atomic E-state index is 13.5. The summed E-state index contributed by atoms with van der Waals surface area (Å²) in [5.41, 5.74) is 1.44. The molecule has 1 aliphatic rings. The third-order valence-electron chi connectivity index (χ3n) is 6.68. The molecular weight excluding hydrogens is 502 g/mol. The predicted octanol–water partition coefficient (Wildman–Crippen LogP) is 5.11. The van der Waals surface area contributed by atoms with Crippen LogP contribution >= 0.6 is 0 Å². The van der Waals surface area contributed by atoms with Crippen LogP contribution in [0.1, 0.15) is 41.6 Å². The number of ketones is 1. The van der Waals surface area contributed by atoms with Crippen LogP contribution in [0.2, 0.25) is 0 Å². The van der Waals surface area contributed by atoms with Crippen LogP contribution in [0.25, 0.3) is 11.0 Å². The van der Waals surface area contributed by atoms with E-state index in [4.69, 9.17) is 4.74 Å². The number of nitrogens with one attached hydrogen (secondary N) is 2. The molecule has 38 heavy (non-hydrogen) atoms. The molecule has 9 nitrogen and oxygen atoms in total. The molecule has 0 spiro atoms. The molecule has 1 atom stereocenters. The molecular formula is C28H29N5O4S. The topological polar surface area (TPSA) is 117 Å². The molecule has 3 heterocycles. The molecule has 2 aromatic carbocycles. The highest BCUT2D eigenvalue weighted by atomic mass is 32.2. The van der Waals surface area contributed by atoms with E-state index in [1.807, 2.05) is 30.3 Å². The molecule has 196 valence electrons. The molecule has 0 saturated carbocycles. The molecule has 5 rings (SSSR count). The number of anilines is 1. The standard InChI is InChI=1S/C28H29N5O4S/c1-2-38(35,36)33-16-8-4-5-9-21(33)17-29-27-25-24(18-30-28(25)32-19-31-27)26(34)20-12-14-23(15-13-20)37-22-10-6-3-7-11-22/h2-3,6-7,10-15,18-19,21H,1,4-5,8-9,16-17H2,(H2,29,30,31,32). The van der Waals surface area contributed by atoms with Crippen molar-refractivity contribution in [3.8, 4) is 11.5 Å². The van der Waals surface area contributed by atoms with Crippen molar-refractivity contribution in [1.82, 2.24) is 19.3 Å². The second-order valence-corrected chi connectivity index (χ2v) is 11.0. The van der Waals surface area contributed by atoms with Crippen molar-refractivity contribution in [1.29, 1.82) is 0 Å². The van der Waals surface area contributed by atoms with Gasteiger partial charge in [-0.25, -0.2) is 18.4 Å². The SMILES string of the molecule is C=CS(=O)(=O)N1CCCCCC1CNc1ncnc2[nH]cc(C(=O)c3ccc(Oc4ccccc4)cc3)c12. The average Bonchev–Trinajstić information content (AvgIpc) is 3.23. The lowest BCUT2D eigenvalue weighted by Gasteiger charge is -2.28. The fraction of sp³-hybridized carbons (Fsp3) is 0.250. The summed E-state index contributed by atoms with van der Waals surface area (Å²) in [4.78, 5) is 25.2. The highest BCUT2D eigenvalue weighted by Gasteiger charge is 2.29. The summed E-state index contributed by atoms with van der Waals surface area (Å²) in [5, 5.41) is 4.87. The van der Waals surface area contributed by atoms with Gasteiger partial charge in [-0.15, -0.1) is 0 Å². The Morgan fingerprint density at radius 1 is 1.08 bits per heavy atom. The predicted molar refractivity (Wildman–Crippen MR) is 147 cm³/mol. The zero-order valence-electron chi connectivity index (χ0n) is 20.8. The lowest BCUT2D eigenvalue weighted by molar-refractivity contribution is 0.104. The summed E-state index contributed by atoms with van der Waals surface area (Å²) < 4.78 is 32.6. The molecule has 10 heteroatoms. The Balaban J connectivity index is 1.37. The third-order valence-corrected chi connectivity index (χ3v) is 8.23. The highest BCUT2D eigenvalue weighted by molar-refractivity contribution is 7.92. The van der Waals surface area contributed by atoms with Crippen molar-refractivity contribution in [2.24, 2.45) is 0 Å². The monoisotopic (exact) mass is 531 g/mol. The molecule has 0 radical (unpaired) electrons. The fourth-order valence-electron chi connectivity index (χ4n) is 4.73. The molecule has 1 fully saturated rings. The van der Waals surface area contributed by atoms with Crippen LogP contribution in [0, 0.1) is 0 Å². The van der Waals surface area contributed by atoms with Crippen molar-refractivity contribution >= 4 is 32.7 Å². The van der Waals surface area contributed by atoms with Crippen LogP contribution in [0.5, 0.6) is 11.5 Å². The van der Waals surface area contributed by atoms with Gasteiger partial charge in [-0.3, -0.25) is 4.79 Å². The Bertz CT molecular complexity index is 1530. The first kappa shape index (κ1) is 25.6. The van der Waals surface area contributed by atoms with Gasteiger partial charge in [-0.05, 0) is 49.2 Å². The summed E-state index contributed by atoms with van der Waals surface area (Å²) in [6.45, 7) is 4.30. The Hall–Kier alpha value is -4.02. The van der Waals surface area contributed by atoms with E-state index >= 15 is 0 Å². The fourth-order valence-corrected chi connectivity index (χ4v) is 5.90. The van der Waals surface area contributed by atoms with Gasteiger partial charge in [0.2, 0.25) is 10.0 Å². The number of para-hydroxylation sites is 1. The van der Waals surface area contributed by atoms with Crippen molar-refractivity contribution in [2.45, 2.75) is 31.7 Å². The second-order valence-electron chi connectivity index (χ2n) is 9.12. The summed E-state index contributed by atoms with van der Waals surface area (Å²) in [6.07, 6.45) is 6.49. The van der Waals surface area contributed by atoms with Gasteiger partial charge >= 0.3 is 0 Å². The molecule has 1 aliphatic heterocycles. The van der Waals surface area contributed by atoms with Crippen LogP contribution in [0.3, 0.4) is 0 Å². The van der Waals surface area contributed by atoms with E-state index in [0.717, 1.165) is 31.1 Å². The van der Waals surface area contributed by atoms with Gasteiger partial charge in [-0.1, -0.05) is 37.6 Å². The number of aromatic amines is 1. The number of aromatic nitrogens is 3. The molecule has 0 aliphatic carbocycles. The molecule has 0 amide bonds. The van der Waals surface area contributed by atoms with Gasteiger partial charge in [0.05, 0.1) is 10.9 Å². The third kappa shape index (κ3) is 5.46. The Labute approximate surface area is 221 Å². The van der Waals surface area contributed by atoms with Crippen LogP contribution in [-0.4, -0.2) is 52.6 Å². The largest absolute Gasteiger partial charge is 0.457 e. The number of H-pyrrole nitrogens is 1. The van der Waals surface area contributed by atoms with Crippen LogP contribution in [0.15, 0.2) is 79.1 Å². The number of benzene rings is 2. The van der Waals surface area contributed by atoms with E-state index in [1.165, 1.54) is 10.6 Å². The summed E-state index contributed by atoms with van der Waals surface area (Å²) in [6, 6.07) is 16.1. The van der Waals surface area contributed by atoms with Gasteiger partial charge in [0.25, 0.3) is 0 Å². The van der Waals surface area contributed by atoms with E-state index in [-0.39, 0.29) is 11.8 Å². The van der Waals surface area contributed by atoms with Crippen molar-refractivity contribution in [2.75, 3.05) is 18.4 Å². The maximum absolute atomic E-state index is 13.5. The lowest BCUT2D eigenvalue weighted by atomic mass is 10.0. The van der Waals surface area contributed by atoms with Gasteiger partial charge in [0, 0.05) is 36.3 Å². The van der Waals surface area contributed by atoms with E-state index in [1.54, 1.807) is 30.5 Å². The normalized spacial score (nSPS) is 16.6. The number of carbonyl (C=O) groups is 1. The number of hydrogen-bond donors (Lipinski definition) is 2. The average molecular weight is 532 g/mol. The summed E-state index contributed by atoms with van der Waals surface area (Å²) in [7, 11) is -3.56. The highest BCUT2D eigenvalue weighted by Crippen LogP contribution is 2.28. The van der Waals surface area contributed by atoms with E-state index in [9.17, 15) is 13.2 Å². The van der Waals surface area contributed by atoms with Gasteiger partial charge in [0.1, 0.15) is 29.3 Å². The first-order valence-electron chi connectivity index (χ1n) is 12.5. The van der Waals surface area contributed by atoms with Crippen LogP contribution < -0.4 is 10.1 Å². The van der Waals surface area contributed by atoms with Crippen molar-refractivity contribution in [3.05, 3.63) is 90.2 Å². The maximum Gasteiger partial charge on any atom is 0.235 e. The number of fused-ring (bicyclic) bond motifs is 1. The van der Waals surface area contributed by atoms with Crippen LogP contribution in [-0.2, 0) is 10.0 Å². The number of ether oxygens (including phenoxy) is 1. The van der Waals surface area contributed by atoms with Gasteiger partial charge in [-0.2, -0.15) is 4.31 Å². The van der Waals surface area contributed by atoms with E-state index < -0.39 is 10.0 Å².